The topological polar surface area (TPSA) is 42.2 Å². The van der Waals surface area contributed by atoms with Crippen LogP contribution in [0, 0.1) is 12.8 Å². The molecule has 2 unspecified atom stereocenters. The third-order valence-electron chi connectivity index (χ3n) is 3.89. The van der Waals surface area contributed by atoms with Crippen molar-refractivity contribution in [3.63, 3.8) is 0 Å². The van der Waals surface area contributed by atoms with Crippen molar-refractivity contribution in [2.75, 3.05) is 13.1 Å². The quantitative estimate of drug-likeness (QED) is 0.916. The molecule has 1 fully saturated rings. The highest BCUT2D eigenvalue weighted by Crippen LogP contribution is 2.24. The van der Waals surface area contributed by atoms with Crippen molar-refractivity contribution in [3.05, 3.63) is 29.6 Å². The molecule has 18 heavy (non-hydrogen) atoms. The predicted molar refractivity (Wildman–Crippen MR) is 77.9 cm³/mol. The molecule has 1 aromatic rings. The molecule has 3 nitrogen and oxygen atoms in total. The summed E-state index contributed by atoms with van der Waals surface area (Å²) < 4.78 is 0. The van der Waals surface area contributed by atoms with Gasteiger partial charge in [0.2, 0.25) is 0 Å². The van der Waals surface area contributed by atoms with Crippen molar-refractivity contribution in [2.24, 2.45) is 11.7 Å². The third kappa shape index (κ3) is 3.67. The van der Waals surface area contributed by atoms with Crippen LogP contribution in [0.2, 0.25) is 0 Å². The fourth-order valence-electron chi connectivity index (χ4n) is 2.63. The Hall–Kier alpha value is -0.640. The molecule has 1 aliphatic heterocycles. The van der Waals surface area contributed by atoms with E-state index in [1.165, 1.54) is 24.0 Å². The zero-order chi connectivity index (χ0) is 12.3. The molecule has 0 aromatic carbocycles. The van der Waals surface area contributed by atoms with Gasteiger partial charge in [-0.25, -0.2) is 0 Å². The first kappa shape index (κ1) is 15.4. The van der Waals surface area contributed by atoms with Gasteiger partial charge in [-0.2, -0.15) is 0 Å². The number of nitrogens with two attached hydrogens (primary N) is 1. The molecular formula is C14H24ClN3. The molecule has 0 aliphatic carbocycles. The van der Waals surface area contributed by atoms with Crippen LogP contribution in [0.25, 0.3) is 0 Å². The highest BCUT2D eigenvalue weighted by Gasteiger charge is 2.25. The van der Waals surface area contributed by atoms with Gasteiger partial charge in [0.1, 0.15) is 0 Å². The molecule has 102 valence electrons. The molecule has 4 heteroatoms. The third-order valence-corrected chi connectivity index (χ3v) is 3.89. The Bertz CT molecular complexity index is 370. The molecule has 1 aliphatic rings. The number of nitrogens with zero attached hydrogens (tertiary/aromatic N) is 2. The van der Waals surface area contributed by atoms with Crippen LogP contribution in [0.1, 0.15) is 30.9 Å². The second kappa shape index (κ2) is 7.07. The highest BCUT2D eigenvalue weighted by molar-refractivity contribution is 5.85. The summed E-state index contributed by atoms with van der Waals surface area (Å²) in [6.45, 7) is 7.41. The number of piperidine rings is 1. The van der Waals surface area contributed by atoms with Crippen LogP contribution in [0.15, 0.2) is 18.5 Å². The van der Waals surface area contributed by atoms with Gasteiger partial charge in [-0.1, -0.05) is 6.92 Å². The smallest absolute Gasteiger partial charge is 0.0315 e. The minimum Gasteiger partial charge on any atom is -0.329 e. The maximum Gasteiger partial charge on any atom is 0.0315 e. The second-order valence-corrected chi connectivity index (χ2v) is 5.29. The lowest BCUT2D eigenvalue weighted by Gasteiger charge is -2.38. The van der Waals surface area contributed by atoms with E-state index in [-0.39, 0.29) is 12.4 Å². The Morgan fingerprint density at radius 1 is 1.50 bits per heavy atom. The number of aryl methyl sites for hydroxylation is 1. The van der Waals surface area contributed by atoms with E-state index in [9.17, 15) is 0 Å². The van der Waals surface area contributed by atoms with Crippen molar-refractivity contribution in [2.45, 2.75) is 39.3 Å². The van der Waals surface area contributed by atoms with E-state index in [0.717, 1.165) is 25.6 Å². The van der Waals surface area contributed by atoms with E-state index in [1.54, 1.807) is 0 Å². The molecule has 0 bridgehead atoms. The Balaban J connectivity index is 0.00000162. The van der Waals surface area contributed by atoms with E-state index in [1.807, 2.05) is 12.4 Å². The average Bonchev–Trinajstić information content (AvgIpc) is 2.34. The normalized spacial score (nSPS) is 24.6. The Morgan fingerprint density at radius 2 is 2.28 bits per heavy atom. The van der Waals surface area contributed by atoms with Crippen LogP contribution in [-0.2, 0) is 6.54 Å². The molecule has 0 spiro atoms. The van der Waals surface area contributed by atoms with Gasteiger partial charge >= 0.3 is 0 Å². The van der Waals surface area contributed by atoms with Gasteiger partial charge in [-0.15, -0.1) is 12.4 Å². The van der Waals surface area contributed by atoms with Crippen LogP contribution >= 0.6 is 12.4 Å². The monoisotopic (exact) mass is 269 g/mol. The van der Waals surface area contributed by atoms with E-state index < -0.39 is 0 Å². The van der Waals surface area contributed by atoms with E-state index >= 15 is 0 Å². The lowest BCUT2D eigenvalue weighted by molar-refractivity contribution is 0.115. The molecule has 0 radical (unpaired) electrons. The summed E-state index contributed by atoms with van der Waals surface area (Å²) in [5, 5.41) is 0. The Kier molecular flexibility index (Phi) is 6.06. The molecule has 2 heterocycles. The highest BCUT2D eigenvalue weighted by atomic mass is 35.5. The van der Waals surface area contributed by atoms with Gasteiger partial charge in [0.25, 0.3) is 0 Å². The van der Waals surface area contributed by atoms with Crippen LogP contribution in [-0.4, -0.2) is 29.0 Å². The standard InChI is InChI=1S/C14H23N3.ClH/c1-11-4-6-17(14(7-11)8-15)10-13-9-16-5-3-12(13)2;/h3,5,9,11,14H,4,6-8,10,15H2,1-2H3;1H. The summed E-state index contributed by atoms with van der Waals surface area (Å²) in [7, 11) is 0. The number of likely N-dealkylation sites (tertiary alicyclic amines) is 1. The minimum atomic E-state index is 0. The molecule has 1 aromatic heterocycles. The van der Waals surface area contributed by atoms with E-state index in [2.05, 4.69) is 29.8 Å². The van der Waals surface area contributed by atoms with Gasteiger partial charge in [0.05, 0.1) is 0 Å². The fraction of sp³-hybridized carbons (Fsp3) is 0.643. The summed E-state index contributed by atoms with van der Waals surface area (Å²) in [6.07, 6.45) is 6.37. The van der Waals surface area contributed by atoms with Crippen molar-refractivity contribution in [1.82, 2.24) is 9.88 Å². The molecular weight excluding hydrogens is 246 g/mol. The number of rotatable bonds is 3. The summed E-state index contributed by atoms with van der Waals surface area (Å²) in [5.41, 5.74) is 8.55. The van der Waals surface area contributed by atoms with Gasteiger partial charge in [0.15, 0.2) is 0 Å². The first-order valence-electron chi connectivity index (χ1n) is 6.54. The van der Waals surface area contributed by atoms with Crippen molar-refractivity contribution < 1.29 is 0 Å². The van der Waals surface area contributed by atoms with Crippen molar-refractivity contribution in [3.8, 4) is 0 Å². The first-order valence-corrected chi connectivity index (χ1v) is 6.54. The van der Waals surface area contributed by atoms with Gasteiger partial charge in [0, 0.05) is 31.5 Å². The van der Waals surface area contributed by atoms with Gasteiger partial charge in [-0.3, -0.25) is 9.88 Å². The van der Waals surface area contributed by atoms with E-state index in [4.69, 9.17) is 5.73 Å². The number of hydrogen-bond acceptors (Lipinski definition) is 3. The molecule has 2 N–H and O–H groups in total. The maximum absolute atomic E-state index is 5.89. The minimum absolute atomic E-state index is 0. The van der Waals surface area contributed by atoms with Gasteiger partial charge < -0.3 is 5.73 Å². The van der Waals surface area contributed by atoms with Crippen molar-refractivity contribution >= 4 is 12.4 Å². The Labute approximate surface area is 116 Å². The second-order valence-electron chi connectivity index (χ2n) is 5.29. The van der Waals surface area contributed by atoms with E-state index in [0.29, 0.717) is 6.04 Å². The number of aromatic nitrogens is 1. The van der Waals surface area contributed by atoms with Crippen LogP contribution < -0.4 is 5.73 Å². The lowest BCUT2D eigenvalue weighted by Crippen LogP contribution is -2.45. The molecule has 1 saturated heterocycles. The maximum atomic E-state index is 5.89. The van der Waals surface area contributed by atoms with Crippen LogP contribution in [0.4, 0.5) is 0 Å². The molecule has 2 atom stereocenters. The first-order chi connectivity index (χ1) is 8.20. The lowest BCUT2D eigenvalue weighted by atomic mass is 9.92. The number of halogens is 1. The predicted octanol–water partition coefficient (Wildman–Crippen LogP) is 2.37. The number of pyridine rings is 1. The zero-order valence-electron chi connectivity index (χ0n) is 11.3. The average molecular weight is 270 g/mol. The largest absolute Gasteiger partial charge is 0.329 e. The van der Waals surface area contributed by atoms with Crippen LogP contribution in [0.3, 0.4) is 0 Å². The van der Waals surface area contributed by atoms with Gasteiger partial charge in [-0.05, 0) is 49.4 Å². The molecule has 0 saturated carbocycles. The zero-order valence-corrected chi connectivity index (χ0v) is 12.1. The summed E-state index contributed by atoms with van der Waals surface area (Å²) in [6, 6.07) is 2.62. The summed E-state index contributed by atoms with van der Waals surface area (Å²) >= 11 is 0. The van der Waals surface area contributed by atoms with Crippen molar-refractivity contribution in [1.29, 1.82) is 0 Å². The molecule has 0 amide bonds. The number of hydrogen-bond donors (Lipinski definition) is 1. The van der Waals surface area contributed by atoms with Crippen LogP contribution in [0.5, 0.6) is 0 Å². The Morgan fingerprint density at radius 3 is 2.94 bits per heavy atom. The fourth-order valence-corrected chi connectivity index (χ4v) is 2.63. The SMILES string of the molecule is Cc1ccncc1CN1CCC(C)CC1CN.Cl. The molecule has 2 rings (SSSR count). The summed E-state index contributed by atoms with van der Waals surface area (Å²) in [5.74, 6) is 0.815. The summed E-state index contributed by atoms with van der Waals surface area (Å²) in [4.78, 5) is 6.74.